The molecule has 1 N–H and O–H groups in total. The molecule has 0 radical (unpaired) electrons. The molecule has 1 aliphatic heterocycles. The third-order valence-electron chi connectivity index (χ3n) is 6.46. The number of piperidine rings is 1. The van der Waals surface area contributed by atoms with Crippen LogP contribution in [0.4, 0.5) is 0 Å². The Balaban J connectivity index is 1.23. The number of nitrogens with zero attached hydrogens (tertiary/aromatic N) is 5. The average Bonchev–Trinajstić information content (AvgIpc) is 3.54. The molecule has 1 aromatic carbocycles. The SMILES string of the molecule is Cc1ccc(-c2csc(CNC(=O)[C@H]3CCCN(C(=O)c4nc5ccc(C#N)cc5o4)[C@H]3C)n2)cn1. The Morgan fingerprint density at radius 3 is 2.92 bits per heavy atom. The van der Waals surface area contributed by atoms with E-state index in [0.29, 0.717) is 42.6 Å². The first-order chi connectivity index (χ1) is 17.4. The van der Waals surface area contributed by atoms with Gasteiger partial charge in [-0.3, -0.25) is 14.6 Å². The minimum Gasteiger partial charge on any atom is -0.432 e. The maximum Gasteiger partial charge on any atom is 0.310 e. The molecule has 2 atom stereocenters. The van der Waals surface area contributed by atoms with E-state index in [0.717, 1.165) is 22.0 Å². The topological polar surface area (TPSA) is 125 Å². The van der Waals surface area contributed by atoms with Crippen LogP contribution in [0.3, 0.4) is 0 Å². The molecule has 0 aliphatic carbocycles. The van der Waals surface area contributed by atoms with Gasteiger partial charge in [-0.2, -0.15) is 5.26 Å². The van der Waals surface area contributed by atoms with Gasteiger partial charge in [-0.1, -0.05) is 0 Å². The molecular weight excluding hydrogens is 476 g/mol. The van der Waals surface area contributed by atoms with Crippen LogP contribution in [0.15, 0.2) is 46.3 Å². The number of carbonyl (C=O) groups is 2. The Bertz CT molecular complexity index is 1470. The lowest BCUT2D eigenvalue weighted by molar-refractivity contribution is -0.128. The van der Waals surface area contributed by atoms with E-state index in [9.17, 15) is 9.59 Å². The summed E-state index contributed by atoms with van der Waals surface area (Å²) in [5.41, 5.74) is 4.05. The predicted octanol–water partition coefficient (Wildman–Crippen LogP) is 4.08. The van der Waals surface area contributed by atoms with Crippen molar-refractivity contribution in [2.45, 2.75) is 39.3 Å². The molecule has 0 bridgehead atoms. The van der Waals surface area contributed by atoms with E-state index < -0.39 is 0 Å². The number of nitrogens with one attached hydrogen (secondary N) is 1. The smallest absolute Gasteiger partial charge is 0.310 e. The largest absolute Gasteiger partial charge is 0.432 e. The van der Waals surface area contributed by atoms with E-state index in [2.05, 4.69) is 20.3 Å². The summed E-state index contributed by atoms with van der Waals surface area (Å²) in [7, 11) is 0. The molecule has 182 valence electrons. The van der Waals surface area contributed by atoms with Gasteiger partial charge in [0.25, 0.3) is 5.89 Å². The molecule has 1 aliphatic rings. The van der Waals surface area contributed by atoms with E-state index in [4.69, 9.17) is 9.68 Å². The first-order valence-electron chi connectivity index (χ1n) is 11.7. The molecule has 0 unspecified atom stereocenters. The van der Waals surface area contributed by atoms with Gasteiger partial charge < -0.3 is 14.6 Å². The number of nitriles is 1. The summed E-state index contributed by atoms with van der Waals surface area (Å²) in [5.74, 6) is -0.845. The average molecular weight is 501 g/mol. The van der Waals surface area contributed by atoms with Crippen molar-refractivity contribution in [2.24, 2.45) is 5.92 Å². The molecule has 9 nitrogen and oxygen atoms in total. The second-order valence-electron chi connectivity index (χ2n) is 8.83. The standard InChI is InChI=1S/C26H24N6O3S/c1-15-5-7-18(12-28-15)21-14-36-23(30-21)13-29-24(33)19-4-3-9-32(16(19)2)26(34)25-31-20-8-6-17(11-27)10-22(20)35-25/h5-8,10,12,14,16,19H,3-4,9,13H2,1-2H3,(H,29,33)/t16-,19-/m0/s1. The Morgan fingerprint density at radius 2 is 2.14 bits per heavy atom. The number of pyridine rings is 1. The summed E-state index contributed by atoms with van der Waals surface area (Å²) in [6, 6.07) is 10.5. The maximum atomic E-state index is 13.2. The quantitative estimate of drug-likeness (QED) is 0.438. The molecule has 0 saturated carbocycles. The van der Waals surface area contributed by atoms with Crippen molar-refractivity contribution in [3.63, 3.8) is 0 Å². The van der Waals surface area contributed by atoms with E-state index in [-0.39, 0.29) is 29.7 Å². The van der Waals surface area contributed by atoms with Gasteiger partial charge >= 0.3 is 5.91 Å². The number of amides is 2. The fourth-order valence-corrected chi connectivity index (χ4v) is 5.17. The number of aryl methyl sites for hydroxylation is 1. The summed E-state index contributed by atoms with van der Waals surface area (Å²) >= 11 is 1.49. The third kappa shape index (κ3) is 4.70. The van der Waals surface area contributed by atoms with Crippen LogP contribution in [0, 0.1) is 24.2 Å². The van der Waals surface area contributed by atoms with Crippen LogP contribution >= 0.6 is 11.3 Å². The van der Waals surface area contributed by atoms with Crippen molar-refractivity contribution < 1.29 is 14.0 Å². The Hall–Kier alpha value is -4.10. The van der Waals surface area contributed by atoms with E-state index in [1.807, 2.05) is 37.4 Å². The summed E-state index contributed by atoms with van der Waals surface area (Å²) in [6.07, 6.45) is 3.18. The highest BCUT2D eigenvalue weighted by Gasteiger charge is 2.37. The lowest BCUT2D eigenvalue weighted by atomic mass is 9.89. The van der Waals surface area contributed by atoms with E-state index in [1.54, 1.807) is 29.3 Å². The van der Waals surface area contributed by atoms with Crippen LogP contribution in [0.1, 0.15) is 46.7 Å². The fraction of sp³-hybridized carbons (Fsp3) is 0.308. The highest BCUT2D eigenvalue weighted by atomic mass is 32.1. The van der Waals surface area contributed by atoms with Crippen molar-refractivity contribution in [1.29, 1.82) is 5.26 Å². The maximum absolute atomic E-state index is 13.2. The number of rotatable bonds is 5. The van der Waals surface area contributed by atoms with Crippen LogP contribution < -0.4 is 5.32 Å². The van der Waals surface area contributed by atoms with Crippen LogP contribution in [0.2, 0.25) is 0 Å². The monoisotopic (exact) mass is 500 g/mol. The van der Waals surface area contributed by atoms with Crippen molar-refractivity contribution in [1.82, 2.24) is 25.2 Å². The van der Waals surface area contributed by atoms with Crippen LogP contribution in [0.25, 0.3) is 22.4 Å². The number of likely N-dealkylation sites (tertiary alicyclic amines) is 1. The van der Waals surface area contributed by atoms with Gasteiger partial charge in [-0.15, -0.1) is 11.3 Å². The third-order valence-corrected chi connectivity index (χ3v) is 7.31. The number of fused-ring (bicyclic) bond motifs is 1. The lowest BCUT2D eigenvalue weighted by Crippen LogP contribution is -2.51. The molecule has 1 fully saturated rings. The second-order valence-corrected chi connectivity index (χ2v) is 9.78. The minimum absolute atomic E-state index is 0.0334. The molecule has 0 spiro atoms. The van der Waals surface area contributed by atoms with Gasteiger partial charge in [-0.25, -0.2) is 9.97 Å². The van der Waals surface area contributed by atoms with Crippen LogP contribution in [-0.4, -0.2) is 44.3 Å². The molecule has 1 saturated heterocycles. The molecule has 5 rings (SSSR count). The van der Waals surface area contributed by atoms with Crippen molar-refractivity contribution in [3.8, 4) is 17.3 Å². The summed E-state index contributed by atoms with van der Waals surface area (Å²) in [6.45, 7) is 4.66. The zero-order chi connectivity index (χ0) is 25.2. The second kappa shape index (κ2) is 9.87. The van der Waals surface area contributed by atoms with Gasteiger partial charge in [-0.05, 0) is 51.0 Å². The summed E-state index contributed by atoms with van der Waals surface area (Å²) in [4.78, 5) is 41.1. The number of thiazole rings is 1. The van der Waals surface area contributed by atoms with Gasteiger partial charge in [0.2, 0.25) is 5.91 Å². The Labute approximate surface area is 211 Å². The molecule has 36 heavy (non-hydrogen) atoms. The van der Waals surface area contributed by atoms with Crippen LogP contribution in [0.5, 0.6) is 0 Å². The first kappa shape index (κ1) is 23.6. The number of hydrogen-bond donors (Lipinski definition) is 1. The highest BCUT2D eigenvalue weighted by molar-refractivity contribution is 7.09. The molecule has 4 aromatic rings. The molecule has 2 amide bonds. The molecule has 10 heteroatoms. The Kier molecular flexibility index (Phi) is 6.48. The fourth-order valence-electron chi connectivity index (χ4n) is 4.43. The normalized spacial score (nSPS) is 17.6. The molecular formula is C26H24N6O3S. The molecule has 3 aromatic heterocycles. The van der Waals surface area contributed by atoms with Gasteiger partial charge in [0.15, 0.2) is 5.58 Å². The zero-order valence-electron chi connectivity index (χ0n) is 19.9. The van der Waals surface area contributed by atoms with Crippen LogP contribution in [-0.2, 0) is 11.3 Å². The van der Waals surface area contributed by atoms with Crippen molar-refractivity contribution in [2.75, 3.05) is 6.54 Å². The predicted molar refractivity (Wildman–Crippen MR) is 134 cm³/mol. The lowest BCUT2D eigenvalue weighted by Gasteiger charge is -2.37. The van der Waals surface area contributed by atoms with Crippen molar-refractivity contribution >= 4 is 34.3 Å². The highest BCUT2D eigenvalue weighted by Crippen LogP contribution is 2.27. The zero-order valence-corrected chi connectivity index (χ0v) is 20.7. The number of oxazole rings is 1. The number of hydrogen-bond acceptors (Lipinski definition) is 8. The van der Waals surface area contributed by atoms with E-state index in [1.165, 1.54) is 11.3 Å². The van der Waals surface area contributed by atoms with Gasteiger partial charge in [0.05, 0.1) is 29.8 Å². The van der Waals surface area contributed by atoms with E-state index >= 15 is 0 Å². The minimum atomic E-state index is -0.356. The number of benzene rings is 1. The van der Waals surface area contributed by atoms with Crippen molar-refractivity contribution in [3.05, 3.63) is 64.1 Å². The summed E-state index contributed by atoms with van der Waals surface area (Å²) in [5, 5.41) is 14.8. The number of carbonyl (C=O) groups excluding carboxylic acids is 2. The molecule has 4 heterocycles. The Morgan fingerprint density at radius 1 is 1.28 bits per heavy atom. The van der Waals surface area contributed by atoms with Gasteiger partial charge in [0.1, 0.15) is 10.5 Å². The van der Waals surface area contributed by atoms with Gasteiger partial charge in [0, 0.05) is 41.5 Å². The number of aromatic nitrogens is 3. The first-order valence-corrected chi connectivity index (χ1v) is 12.6. The summed E-state index contributed by atoms with van der Waals surface area (Å²) < 4.78 is 5.65.